The largest absolute Gasteiger partial charge is 0.353 e. The lowest BCUT2D eigenvalue weighted by atomic mass is 10.1. The molecule has 1 atom stereocenters. The summed E-state index contributed by atoms with van der Waals surface area (Å²) < 4.78 is 1.33. The predicted octanol–water partition coefficient (Wildman–Crippen LogP) is 3.75. The minimum absolute atomic E-state index is 0.212. The van der Waals surface area contributed by atoms with E-state index in [9.17, 15) is 4.79 Å². The molecule has 1 aromatic heterocycles. The van der Waals surface area contributed by atoms with Gasteiger partial charge in [-0.15, -0.1) is 11.3 Å². The van der Waals surface area contributed by atoms with Crippen molar-refractivity contribution < 1.29 is 4.79 Å². The van der Waals surface area contributed by atoms with Gasteiger partial charge in [-0.05, 0) is 54.5 Å². The van der Waals surface area contributed by atoms with E-state index in [0.717, 1.165) is 6.42 Å². The first kappa shape index (κ1) is 12.7. The summed E-state index contributed by atoms with van der Waals surface area (Å²) in [5.74, 6) is 0.878. The van der Waals surface area contributed by atoms with Crippen LogP contribution in [0.25, 0.3) is 10.1 Å². The van der Waals surface area contributed by atoms with Crippen molar-refractivity contribution in [1.82, 2.24) is 5.32 Å². The fourth-order valence-corrected chi connectivity index (χ4v) is 3.47. The van der Waals surface area contributed by atoms with Crippen molar-refractivity contribution in [2.75, 3.05) is 0 Å². The highest BCUT2D eigenvalue weighted by molar-refractivity contribution is 7.17. The van der Waals surface area contributed by atoms with E-state index in [0.29, 0.717) is 12.3 Å². The number of benzene rings is 1. The summed E-state index contributed by atoms with van der Waals surface area (Å²) in [6.45, 7) is 2.09. The van der Waals surface area contributed by atoms with Crippen LogP contribution in [0.15, 0.2) is 29.6 Å². The van der Waals surface area contributed by atoms with Gasteiger partial charge in [-0.2, -0.15) is 0 Å². The standard InChI is InChI=1S/C16H19NOS/c1-11(17-16(18)9-12-6-7-12)8-13-10-19-15-5-3-2-4-14(13)15/h2-5,10-12H,6-9H2,1H3,(H,17,18)/t11-/m1/s1. The van der Waals surface area contributed by atoms with Gasteiger partial charge in [0.15, 0.2) is 0 Å². The molecule has 1 N–H and O–H groups in total. The number of amides is 1. The molecule has 0 saturated heterocycles. The highest BCUT2D eigenvalue weighted by Gasteiger charge is 2.24. The molecule has 0 spiro atoms. The third-order valence-corrected chi connectivity index (χ3v) is 4.68. The maximum atomic E-state index is 11.8. The first-order chi connectivity index (χ1) is 9.22. The third-order valence-electron chi connectivity index (χ3n) is 3.67. The van der Waals surface area contributed by atoms with Crippen molar-refractivity contribution in [3.8, 4) is 0 Å². The Balaban J connectivity index is 1.61. The monoisotopic (exact) mass is 273 g/mol. The van der Waals surface area contributed by atoms with Gasteiger partial charge in [0.1, 0.15) is 0 Å². The number of hydrogen-bond donors (Lipinski definition) is 1. The van der Waals surface area contributed by atoms with E-state index in [1.807, 2.05) is 0 Å². The highest BCUT2D eigenvalue weighted by Crippen LogP contribution is 2.32. The Labute approximate surface area is 117 Å². The van der Waals surface area contributed by atoms with E-state index in [1.165, 1.54) is 28.5 Å². The Morgan fingerprint density at radius 2 is 2.21 bits per heavy atom. The van der Waals surface area contributed by atoms with Gasteiger partial charge in [0.25, 0.3) is 0 Å². The molecule has 0 unspecified atom stereocenters. The quantitative estimate of drug-likeness (QED) is 0.883. The van der Waals surface area contributed by atoms with Gasteiger partial charge < -0.3 is 5.32 Å². The summed E-state index contributed by atoms with van der Waals surface area (Å²) in [5.41, 5.74) is 1.35. The van der Waals surface area contributed by atoms with E-state index >= 15 is 0 Å². The average molecular weight is 273 g/mol. The molecule has 0 radical (unpaired) electrons. The number of fused-ring (bicyclic) bond motifs is 1. The summed E-state index contributed by atoms with van der Waals surface area (Å²) in [6.07, 6.45) is 4.10. The van der Waals surface area contributed by atoms with Crippen LogP contribution < -0.4 is 5.32 Å². The summed E-state index contributed by atoms with van der Waals surface area (Å²) in [4.78, 5) is 11.8. The average Bonchev–Trinajstić information content (AvgIpc) is 3.10. The fraction of sp³-hybridized carbons (Fsp3) is 0.438. The summed E-state index contributed by atoms with van der Waals surface area (Å²) in [7, 11) is 0. The molecule has 2 aromatic rings. The number of rotatable bonds is 5. The molecule has 100 valence electrons. The van der Waals surface area contributed by atoms with Gasteiger partial charge in [-0.3, -0.25) is 4.79 Å². The minimum atomic E-state index is 0.212. The van der Waals surface area contributed by atoms with Crippen LogP contribution in [0.4, 0.5) is 0 Å². The maximum absolute atomic E-state index is 11.8. The molecular weight excluding hydrogens is 254 g/mol. The summed E-state index contributed by atoms with van der Waals surface area (Å²) in [5, 5.41) is 6.67. The zero-order valence-corrected chi connectivity index (χ0v) is 12.0. The zero-order valence-electron chi connectivity index (χ0n) is 11.2. The van der Waals surface area contributed by atoms with E-state index in [1.54, 1.807) is 11.3 Å². The maximum Gasteiger partial charge on any atom is 0.220 e. The topological polar surface area (TPSA) is 29.1 Å². The molecule has 1 saturated carbocycles. The van der Waals surface area contributed by atoms with Gasteiger partial charge in [-0.25, -0.2) is 0 Å². The van der Waals surface area contributed by atoms with Gasteiger partial charge in [0.05, 0.1) is 0 Å². The molecule has 0 aliphatic heterocycles. The Kier molecular flexibility index (Phi) is 3.56. The van der Waals surface area contributed by atoms with Crippen molar-refractivity contribution >= 4 is 27.3 Å². The molecule has 2 nitrogen and oxygen atoms in total. The van der Waals surface area contributed by atoms with Crippen LogP contribution in [-0.4, -0.2) is 11.9 Å². The minimum Gasteiger partial charge on any atom is -0.353 e. The molecule has 3 heteroatoms. The lowest BCUT2D eigenvalue weighted by molar-refractivity contribution is -0.122. The van der Waals surface area contributed by atoms with Gasteiger partial charge in [0, 0.05) is 17.2 Å². The zero-order chi connectivity index (χ0) is 13.2. The van der Waals surface area contributed by atoms with Gasteiger partial charge in [0.2, 0.25) is 5.91 Å². The van der Waals surface area contributed by atoms with Crippen LogP contribution in [-0.2, 0) is 11.2 Å². The molecular formula is C16H19NOS. The SMILES string of the molecule is C[C@H](Cc1csc2ccccc12)NC(=O)CC1CC1. The van der Waals surface area contributed by atoms with Crippen LogP contribution in [0.2, 0.25) is 0 Å². The smallest absolute Gasteiger partial charge is 0.220 e. The van der Waals surface area contributed by atoms with Crippen LogP contribution >= 0.6 is 11.3 Å². The van der Waals surface area contributed by atoms with E-state index in [2.05, 4.69) is 41.9 Å². The summed E-state index contributed by atoms with van der Waals surface area (Å²) in [6, 6.07) is 8.68. The second kappa shape index (κ2) is 5.33. The normalized spacial score (nSPS) is 16.5. The van der Waals surface area contributed by atoms with Gasteiger partial charge in [-0.1, -0.05) is 18.2 Å². The van der Waals surface area contributed by atoms with Crippen molar-refractivity contribution in [1.29, 1.82) is 0 Å². The van der Waals surface area contributed by atoms with Gasteiger partial charge >= 0.3 is 0 Å². The number of hydrogen-bond acceptors (Lipinski definition) is 2. The Bertz CT molecular complexity index is 585. The predicted molar refractivity (Wildman–Crippen MR) is 80.5 cm³/mol. The van der Waals surface area contributed by atoms with E-state index < -0.39 is 0 Å². The lowest BCUT2D eigenvalue weighted by Crippen LogP contribution is -2.34. The van der Waals surface area contributed by atoms with Crippen LogP contribution in [0.3, 0.4) is 0 Å². The van der Waals surface area contributed by atoms with Crippen molar-refractivity contribution in [3.05, 3.63) is 35.2 Å². The molecule has 3 rings (SSSR count). The molecule has 0 bridgehead atoms. The Morgan fingerprint density at radius 1 is 1.42 bits per heavy atom. The third kappa shape index (κ3) is 3.16. The first-order valence-electron chi connectivity index (χ1n) is 6.97. The van der Waals surface area contributed by atoms with E-state index in [-0.39, 0.29) is 11.9 Å². The van der Waals surface area contributed by atoms with Crippen LogP contribution in [0.5, 0.6) is 0 Å². The van der Waals surface area contributed by atoms with Crippen molar-refractivity contribution in [2.45, 2.75) is 38.6 Å². The number of nitrogens with one attached hydrogen (secondary N) is 1. The lowest BCUT2D eigenvalue weighted by Gasteiger charge is -2.13. The molecule has 19 heavy (non-hydrogen) atoms. The fourth-order valence-electron chi connectivity index (χ4n) is 2.49. The first-order valence-corrected chi connectivity index (χ1v) is 7.85. The molecule has 1 heterocycles. The van der Waals surface area contributed by atoms with Crippen LogP contribution in [0.1, 0.15) is 31.7 Å². The molecule has 1 aliphatic carbocycles. The summed E-state index contributed by atoms with van der Waals surface area (Å²) >= 11 is 1.78. The van der Waals surface area contributed by atoms with E-state index in [4.69, 9.17) is 0 Å². The Morgan fingerprint density at radius 3 is 3.00 bits per heavy atom. The van der Waals surface area contributed by atoms with Crippen molar-refractivity contribution in [3.63, 3.8) is 0 Å². The van der Waals surface area contributed by atoms with Crippen molar-refractivity contribution in [2.24, 2.45) is 5.92 Å². The second-order valence-electron chi connectivity index (χ2n) is 5.58. The second-order valence-corrected chi connectivity index (χ2v) is 6.49. The van der Waals surface area contributed by atoms with Crippen LogP contribution in [0, 0.1) is 5.92 Å². The molecule has 1 aromatic carbocycles. The highest BCUT2D eigenvalue weighted by atomic mass is 32.1. The molecule has 1 amide bonds. The number of carbonyl (C=O) groups excluding carboxylic acids is 1. The number of carbonyl (C=O) groups is 1. The number of thiophene rings is 1. The Hall–Kier alpha value is -1.35. The molecule has 1 fully saturated rings. The molecule has 1 aliphatic rings.